The quantitative estimate of drug-likeness (QED) is 0.799. The molecule has 1 N–H and O–H groups in total. The Morgan fingerprint density at radius 3 is 2.59 bits per heavy atom. The van der Waals surface area contributed by atoms with Gasteiger partial charge >= 0.3 is 5.69 Å². The number of amides is 1. The van der Waals surface area contributed by atoms with E-state index < -0.39 is 0 Å². The molecule has 1 amide bonds. The van der Waals surface area contributed by atoms with Gasteiger partial charge in [0.2, 0.25) is 5.91 Å². The van der Waals surface area contributed by atoms with Crippen molar-refractivity contribution in [2.45, 2.75) is 40.3 Å². The second kappa shape index (κ2) is 6.27. The zero-order valence-electron chi connectivity index (χ0n) is 10.8. The molecule has 96 valence electrons. The number of aromatic nitrogens is 2. The van der Waals surface area contributed by atoms with Crippen molar-refractivity contribution in [2.24, 2.45) is 5.92 Å². The lowest BCUT2D eigenvalue weighted by Gasteiger charge is -2.07. The minimum Gasteiger partial charge on any atom is -0.354 e. The fourth-order valence-electron chi connectivity index (χ4n) is 1.51. The number of carbonyl (C=O) groups excluding carboxylic acids is 1. The smallest absolute Gasteiger partial charge is 0.328 e. The van der Waals surface area contributed by atoms with Crippen LogP contribution < -0.4 is 11.0 Å². The van der Waals surface area contributed by atoms with Crippen molar-refractivity contribution in [2.75, 3.05) is 6.54 Å². The second-order valence-electron chi connectivity index (χ2n) is 4.60. The lowest BCUT2D eigenvalue weighted by Crippen LogP contribution is -2.34. The minimum absolute atomic E-state index is 0.0995. The zero-order chi connectivity index (χ0) is 12.8. The van der Waals surface area contributed by atoms with E-state index in [0.717, 1.165) is 6.42 Å². The number of rotatable bonds is 6. The van der Waals surface area contributed by atoms with E-state index >= 15 is 0 Å². The highest BCUT2D eigenvalue weighted by Crippen LogP contribution is 1.90. The Balaban J connectivity index is 2.57. The first-order chi connectivity index (χ1) is 8.04. The maximum atomic E-state index is 11.8. The summed E-state index contributed by atoms with van der Waals surface area (Å²) in [6, 6.07) is 0. The summed E-state index contributed by atoms with van der Waals surface area (Å²) in [5.74, 6) is 0.301. The highest BCUT2D eigenvalue weighted by Gasteiger charge is 2.07. The molecule has 0 saturated carbocycles. The van der Waals surface area contributed by atoms with Crippen molar-refractivity contribution in [3.8, 4) is 0 Å². The van der Waals surface area contributed by atoms with Crippen LogP contribution in [0.25, 0.3) is 0 Å². The summed E-state index contributed by atoms with van der Waals surface area (Å²) in [6.45, 7) is 7.51. The Hall–Kier alpha value is -1.52. The van der Waals surface area contributed by atoms with Crippen molar-refractivity contribution in [3.63, 3.8) is 0 Å². The Kier molecular flexibility index (Phi) is 5.00. The van der Waals surface area contributed by atoms with Crippen LogP contribution in [0.3, 0.4) is 0 Å². The van der Waals surface area contributed by atoms with Crippen LogP contribution >= 0.6 is 0 Å². The van der Waals surface area contributed by atoms with Crippen molar-refractivity contribution in [1.29, 1.82) is 0 Å². The van der Waals surface area contributed by atoms with Gasteiger partial charge < -0.3 is 5.32 Å². The predicted molar refractivity (Wildman–Crippen MR) is 66.8 cm³/mol. The largest absolute Gasteiger partial charge is 0.354 e. The van der Waals surface area contributed by atoms with Gasteiger partial charge in [-0.1, -0.05) is 20.8 Å². The Morgan fingerprint density at radius 1 is 1.35 bits per heavy atom. The van der Waals surface area contributed by atoms with E-state index in [-0.39, 0.29) is 18.1 Å². The molecule has 0 fully saturated rings. The van der Waals surface area contributed by atoms with Crippen LogP contribution in [0.15, 0.2) is 17.2 Å². The first-order valence-corrected chi connectivity index (χ1v) is 6.06. The fraction of sp³-hybridized carbons (Fsp3) is 0.667. The average Bonchev–Trinajstić information content (AvgIpc) is 2.59. The zero-order valence-corrected chi connectivity index (χ0v) is 10.8. The number of aryl methyl sites for hydroxylation is 1. The van der Waals surface area contributed by atoms with Gasteiger partial charge in [-0.05, 0) is 12.3 Å². The molecule has 5 nitrogen and oxygen atoms in total. The summed E-state index contributed by atoms with van der Waals surface area (Å²) in [5.41, 5.74) is -0.119. The molecule has 0 bridgehead atoms. The van der Waals surface area contributed by atoms with Crippen molar-refractivity contribution in [1.82, 2.24) is 14.5 Å². The maximum absolute atomic E-state index is 11.8. The summed E-state index contributed by atoms with van der Waals surface area (Å²) < 4.78 is 3.06. The number of carbonyl (C=O) groups is 1. The Bertz CT molecular complexity index is 418. The van der Waals surface area contributed by atoms with Gasteiger partial charge in [0.15, 0.2) is 0 Å². The number of imidazole rings is 1. The lowest BCUT2D eigenvalue weighted by molar-refractivity contribution is -0.121. The summed E-state index contributed by atoms with van der Waals surface area (Å²) in [6.07, 6.45) is 4.29. The summed E-state index contributed by atoms with van der Waals surface area (Å²) in [4.78, 5) is 23.3. The molecular weight excluding hydrogens is 218 g/mol. The van der Waals surface area contributed by atoms with Gasteiger partial charge in [0, 0.05) is 25.5 Å². The van der Waals surface area contributed by atoms with Crippen LogP contribution in [-0.2, 0) is 17.9 Å². The van der Waals surface area contributed by atoms with E-state index in [0.29, 0.717) is 19.0 Å². The SMILES string of the molecule is CCCn1ccn(CC(=O)NCC(C)C)c1=O. The van der Waals surface area contributed by atoms with Gasteiger partial charge in [0.05, 0.1) is 0 Å². The van der Waals surface area contributed by atoms with E-state index in [1.54, 1.807) is 17.0 Å². The van der Waals surface area contributed by atoms with Gasteiger partial charge in [-0.15, -0.1) is 0 Å². The topological polar surface area (TPSA) is 56.0 Å². The van der Waals surface area contributed by atoms with Gasteiger partial charge in [-0.25, -0.2) is 4.79 Å². The predicted octanol–water partition coefficient (Wildman–Crippen LogP) is 0.832. The molecule has 0 aliphatic heterocycles. The third kappa shape index (κ3) is 4.09. The molecule has 1 heterocycles. The third-order valence-corrected chi connectivity index (χ3v) is 2.40. The van der Waals surface area contributed by atoms with E-state index in [1.165, 1.54) is 4.57 Å². The van der Waals surface area contributed by atoms with Gasteiger partial charge in [-0.2, -0.15) is 0 Å². The van der Waals surface area contributed by atoms with Crippen molar-refractivity contribution in [3.05, 3.63) is 22.9 Å². The Morgan fingerprint density at radius 2 is 2.00 bits per heavy atom. The van der Waals surface area contributed by atoms with Gasteiger partial charge in [0.1, 0.15) is 6.54 Å². The molecule has 1 rings (SSSR count). The van der Waals surface area contributed by atoms with Crippen LogP contribution in [-0.4, -0.2) is 21.6 Å². The third-order valence-electron chi connectivity index (χ3n) is 2.40. The average molecular weight is 239 g/mol. The van der Waals surface area contributed by atoms with Crippen LogP contribution in [0.1, 0.15) is 27.2 Å². The second-order valence-corrected chi connectivity index (χ2v) is 4.60. The van der Waals surface area contributed by atoms with Gasteiger partial charge in [0.25, 0.3) is 0 Å². The molecule has 0 radical (unpaired) electrons. The normalized spacial score (nSPS) is 10.8. The number of hydrogen-bond donors (Lipinski definition) is 1. The monoisotopic (exact) mass is 239 g/mol. The molecule has 0 aromatic carbocycles. The fourth-order valence-corrected chi connectivity index (χ4v) is 1.51. The molecule has 5 heteroatoms. The van der Waals surface area contributed by atoms with Crippen LogP contribution in [0.5, 0.6) is 0 Å². The first-order valence-electron chi connectivity index (χ1n) is 6.06. The molecule has 0 aliphatic rings. The van der Waals surface area contributed by atoms with E-state index in [4.69, 9.17) is 0 Å². The molecular formula is C12H21N3O2. The van der Waals surface area contributed by atoms with Crippen LogP contribution in [0.4, 0.5) is 0 Å². The van der Waals surface area contributed by atoms with Crippen molar-refractivity contribution >= 4 is 5.91 Å². The minimum atomic E-state index is -0.119. The molecule has 0 spiro atoms. The highest BCUT2D eigenvalue weighted by atomic mass is 16.2. The number of nitrogens with one attached hydrogen (secondary N) is 1. The van der Waals surface area contributed by atoms with E-state index in [9.17, 15) is 9.59 Å². The molecule has 0 saturated heterocycles. The molecule has 1 aromatic heterocycles. The van der Waals surface area contributed by atoms with Crippen molar-refractivity contribution < 1.29 is 4.79 Å². The highest BCUT2D eigenvalue weighted by molar-refractivity contribution is 5.75. The lowest BCUT2D eigenvalue weighted by atomic mass is 10.2. The Labute approximate surface area is 101 Å². The standard InChI is InChI=1S/C12H21N3O2/c1-4-5-14-6-7-15(12(14)17)9-11(16)13-8-10(2)3/h6-7,10H,4-5,8-9H2,1-3H3,(H,13,16). The summed E-state index contributed by atoms with van der Waals surface area (Å²) >= 11 is 0. The number of nitrogens with zero attached hydrogens (tertiary/aromatic N) is 2. The molecule has 0 unspecified atom stereocenters. The van der Waals surface area contributed by atoms with Gasteiger partial charge in [-0.3, -0.25) is 13.9 Å². The van der Waals surface area contributed by atoms with E-state index in [2.05, 4.69) is 5.32 Å². The molecule has 0 aliphatic carbocycles. The molecule has 17 heavy (non-hydrogen) atoms. The van der Waals surface area contributed by atoms with Crippen LogP contribution in [0.2, 0.25) is 0 Å². The maximum Gasteiger partial charge on any atom is 0.328 e. The van der Waals surface area contributed by atoms with E-state index in [1.807, 2.05) is 20.8 Å². The summed E-state index contributed by atoms with van der Waals surface area (Å²) in [7, 11) is 0. The first kappa shape index (κ1) is 13.5. The number of hydrogen-bond acceptors (Lipinski definition) is 2. The summed E-state index contributed by atoms with van der Waals surface area (Å²) in [5, 5.41) is 2.79. The molecule has 1 aromatic rings. The van der Waals surface area contributed by atoms with Crippen LogP contribution in [0, 0.1) is 5.92 Å². The molecule has 0 atom stereocenters.